The maximum absolute atomic E-state index is 13.6. The molecule has 3 aromatic rings. The summed E-state index contributed by atoms with van der Waals surface area (Å²) in [7, 11) is 1.65. The van der Waals surface area contributed by atoms with Gasteiger partial charge in [-0.05, 0) is 74.1 Å². The van der Waals surface area contributed by atoms with Crippen LogP contribution in [0.4, 0.5) is 4.39 Å². The molecule has 1 fully saturated rings. The summed E-state index contributed by atoms with van der Waals surface area (Å²) in [5.74, 6) is 0.524. The van der Waals surface area contributed by atoms with Gasteiger partial charge in [0.2, 0.25) is 0 Å². The monoisotopic (exact) mass is 405 g/mol. The molecule has 0 N–H and O–H groups in total. The van der Waals surface area contributed by atoms with E-state index in [0.717, 1.165) is 66.9 Å². The van der Waals surface area contributed by atoms with E-state index in [1.54, 1.807) is 19.2 Å². The van der Waals surface area contributed by atoms with E-state index in [-0.39, 0.29) is 17.8 Å². The summed E-state index contributed by atoms with van der Waals surface area (Å²) in [5.41, 5.74) is 4.58. The molecule has 1 aliphatic carbocycles. The average Bonchev–Trinajstić information content (AvgIpc) is 3.51. The summed E-state index contributed by atoms with van der Waals surface area (Å²) < 4.78 is 20.5. The molecular weight excluding hydrogens is 381 g/mol. The summed E-state index contributed by atoms with van der Waals surface area (Å²) in [5, 5.41) is 4.71. The van der Waals surface area contributed by atoms with Gasteiger partial charge < -0.3 is 9.64 Å². The van der Waals surface area contributed by atoms with E-state index in [1.807, 2.05) is 33.8 Å². The lowest BCUT2D eigenvalue weighted by Crippen LogP contribution is -2.31. The van der Waals surface area contributed by atoms with Crippen molar-refractivity contribution < 1.29 is 13.9 Å². The Hall–Kier alpha value is -3.15. The van der Waals surface area contributed by atoms with Crippen LogP contribution in [0.3, 0.4) is 0 Å². The van der Waals surface area contributed by atoms with E-state index < -0.39 is 0 Å². The van der Waals surface area contributed by atoms with Gasteiger partial charge in [-0.3, -0.25) is 4.79 Å². The van der Waals surface area contributed by atoms with Crippen molar-refractivity contribution in [2.45, 2.75) is 38.1 Å². The molecule has 0 spiro atoms. The normalized spacial score (nSPS) is 17.9. The number of halogens is 1. The average molecular weight is 405 g/mol. The van der Waals surface area contributed by atoms with Gasteiger partial charge in [-0.2, -0.15) is 5.10 Å². The number of nitrogens with zero attached hydrogens (tertiary/aromatic N) is 3. The van der Waals surface area contributed by atoms with Crippen molar-refractivity contribution in [1.29, 1.82) is 0 Å². The van der Waals surface area contributed by atoms with Crippen LogP contribution in [0.15, 0.2) is 48.5 Å². The fraction of sp³-hybridized carbons (Fsp3) is 0.333. The van der Waals surface area contributed by atoms with Gasteiger partial charge in [0, 0.05) is 17.8 Å². The number of amides is 1. The van der Waals surface area contributed by atoms with Gasteiger partial charge in [0.15, 0.2) is 5.69 Å². The van der Waals surface area contributed by atoms with Crippen molar-refractivity contribution in [1.82, 2.24) is 14.7 Å². The number of hydrogen-bond acceptors (Lipinski definition) is 3. The Bertz CT molecular complexity index is 1070. The second-order valence-electron chi connectivity index (χ2n) is 7.95. The molecule has 2 aliphatic rings. The molecular formula is C24H24FN3O2. The summed E-state index contributed by atoms with van der Waals surface area (Å²) in [4.78, 5) is 15.5. The fourth-order valence-corrected chi connectivity index (χ4v) is 4.72. The van der Waals surface area contributed by atoms with E-state index in [1.165, 1.54) is 12.1 Å². The first-order chi connectivity index (χ1) is 14.7. The number of rotatable bonds is 4. The highest BCUT2D eigenvalue weighted by Crippen LogP contribution is 2.36. The number of carbonyl (C=O) groups is 1. The number of likely N-dealkylation sites (tertiary alicyclic amines) is 1. The molecule has 1 aromatic heterocycles. The van der Waals surface area contributed by atoms with Crippen LogP contribution in [0.25, 0.3) is 5.69 Å². The molecule has 0 unspecified atom stereocenters. The number of aromatic nitrogens is 2. The quantitative estimate of drug-likeness (QED) is 0.643. The molecule has 5 nitrogen and oxygen atoms in total. The maximum Gasteiger partial charge on any atom is 0.275 e. The first-order valence-corrected chi connectivity index (χ1v) is 10.5. The van der Waals surface area contributed by atoms with Gasteiger partial charge in [-0.1, -0.05) is 12.1 Å². The minimum atomic E-state index is -0.279. The standard InChI is InChI=1S/C24H24FN3O2/c1-30-19-13-7-16(8-14-19)21-6-3-15-27(21)24(29)23-20-4-2-5-22(20)28(26-23)18-11-9-17(25)10-12-18/h7-14,21H,2-6,15H2,1H3/t21-/m1/s1. The molecule has 0 radical (unpaired) electrons. The number of benzene rings is 2. The SMILES string of the molecule is COc1ccc([C@H]2CCCN2C(=O)c2nn(-c3ccc(F)cc3)c3c2CCC3)cc1. The van der Waals surface area contributed by atoms with Crippen molar-refractivity contribution in [3.63, 3.8) is 0 Å². The van der Waals surface area contributed by atoms with Crippen LogP contribution in [-0.2, 0) is 12.8 Å². The van der Waals surface area contributed by atoms with Crippen molar-refractivity contribution in [2.24, 2.45) is 0 Å². The van der Waals surface area contributed by atoms with Crippen LogP contribution in [-0.4, -0.2) is 34.2 Å². The summed E-state index contributed by atoms with van der Waals surface area (Å²) in [6.45, 7) is 0.730. The molecule has 1 saturated heterocycles. The zero-order valence-electron chi connectivity index (χ0n) is 17.0. The van der Waals surface area contributed by atoms with Gasteiger partial charge >= 0.3 is 0 Å². The van der Waals surface area contributed by atoms with E-state index in [4.69, 9.17) is 9.84 Å². The van der Waals surface area contributed by atoms with Gasteiger partial charge in [0.25, 0.3) is 5.91 Å². The predicted octanol–water partition coefficient (Wildman–Crippen LogP) is 4.49. The lowest BCUT2D eigenvalue weighted by atomic mass is 10.0. The number of hydrogen-bond donors (Lipinski definition) is 0. The lowest BCUT2D eigenvalue weighted by molar-refractivity contribution is 0.0728. The Morgan fingerprint density at radius 2 is 1.83 bits per heavy atom. The molecule has 0 saturated carbocycles. The van der Waals surface area contributed by atoms with Crippen molar-refractivity contribution in [2.75, 3.05) is 13.7 Å². The molecule has 154 valence electrons. The first-order valence-electron chi connectivity index (χ1n) is 10.5. The minimum Gasteiger partial charge on any atom is -0.497 e. The van der Waals surface area contributed by atoms with Gasteiger partial charge in [-0.15, -0.1) is 0 Å². The van der Waals surface area contributed by atoms with Crippen LogP contribution >= 0.6 is 0 Å². The Morgan fingerprint density at radius 1 is 1.07 bits per heavy atom. The third-order valence-electron chi connectivity index (χ3n) is 6.22. The first kappa shape index (κ1) is 18.9. The molecule has 2 aromatic carbocycles. The molecule has 0 bridgehead atoms. The van der Waals surface area contributed by atoms with Crippen LogP contribution in [0.2, 0.25) is 0 Å². The number of carbonyl (C=O) groups excluding carboxylic acids is 1. The molecule has 30 heavy (non-hydrogen) atoms. The third-order valence-corrected chi connectivity index (χ3v) is 6.22. The molecule has 1 aliphatic heterocycles. The van der Waals surface area contributed by atoms with Crippen LogP contribution in [0.1, 0.15) is 52.6 Å². The minimum absolute atomic E-state index is 0.00710. The Kier molecular flexibility index (Phi) is 4.77. The Balaban J connectivity index is 1.48. The Morgan fingerprint density at radius 3 is 2.57 bits per heavy atom. The second kappa shape index (κ2) is 7.59. The highest BCUT2D eigenvalue weighted by Gasteiger charge is 2.35. The maximum atomic E-state index is 13.6. The van der Waals surface area contributed by atoms with Crippen molar-refractivity contribution in [3.8, 4) is 11.4 Å². The number of ether oxygens (including phenoxy) is 1. The molecule has 5 rings (SSSR count). The molecule has 6 heteroatoms. The largest absolute Gasteiger partial charge is 0.497 e. The zero-order valence-corrected chi connectivity index (χ0v) is 17.0. The van der Waals surface area contributed by atoms with Crippen LogP contribution in [0.5, 0.6) is 5.75 Å². The van der Waals surface area contributed by atoms with Gasteiger partial charge in [0.1, 0.15) is 11.6 Å². The van der Waals surface area contributed by atoms with Crippen LogP contribution in [0, 0.1) is 5.82 Å². The van der Waals surface area contributed by atoms with Crippen molar-refractivity contribution in [3.05, 3.63) is 76.9 Å². The highest BCUT2D eigenvalue weighted by atomic mass is 19.1. The second-order valence-corrected chi connectivity index (χ2v) is 7.95. The Labute approximate surface area is 175 Å². The van der Waals surface area contributed by atoms with Gasteiger partial charge in [0.05, 0.1) is 18.8 Å². The predicted molar refractivity (Wildman–Crippen MR) is 112 cm³/mol. The van der Waals surface area contributed by atoms with Crippen molar-refractivity contribution >= 4 is 5.91 Å². The summed E-state index contributed by atoms with van der Waals surface area (Å²) in [6, 6.07) is 14.3. The van der Waals surface area contributed by atoms with Gasteiger partial charge in [-0.25, -0.2) is 9.07 Å². The van der Waals surface area contributed by atoms with E-state index in [9.17, 15) is 9.18 Å². The number of fused-ring (bicyclic) bond motifs is 1. The number of methoxy groups -OCH3 is 1. The molecule has 2 heterocycles. The summed E-state index contributed by atoms with van der Waals surface area (Å²) in [6.07, 6.45) is 4.67. The molecule has 1 amide bonds. The van der Waals surface area contributed by atoms with Crippen LogP contribution < -0.4 is 4.74 Å². The zero-order chi connectivity index (χ0) is 20.7. The highest BCUT2D eigenvalue weighted by molar-refractivity contribution is 5.94. The lowest BCUT2D eigenvalue weighted by Gasteiger charge is -2.25. The smallest absolute Gasteiger partial charge is 0.275 e. The summed E-state index contributed by atoms with van der Waals surface area (Å²) >= 11 is 0. The van der Waals surface area contributed by atoms with E-state index >= 15 is 0 Å². The fourth-order valence-electron chi connectivity index (χ4n) is 4.72. The molecule has 1 atom stereocenters. The third kappa shape index (κ3) is 3.16. The van der Waals surface area contributed by atoms with E-state index in [2.05, 4.69) is 0 Å². The van der Waals surface area contributed by atoms with E-state index in [0.29, 0.717) is 5.69 Å². The topological polar surface area (TPSA) is 47.4 Å².